The number of amides is 1. The van der Waals surface area contributed by atoms with Gasteiger partial charge in [-0.2, -0.15) is 0 Å². The molecule has 4 rings (SSSR count). The number of methoxy groups -OCH3 is 1. The van der Waals surface area contributed by atoms with Crippen LogP contribution in [0.2, 0.25) is 0 Å². The molecule has 0 bridgehead atoms. The third-order valence-electron chi connectivity index (χ3n) is 3.87. The molecule has 0 saturated carbocycles. The van der Waals surface area contributed by atoms with Crippen LogP contribution >= 0.6 is 22.7 Å². The minimum absolute atomic E-state index is 0.0129. The lowest BCUT2D eigenvalue weighted by atomic mass is 10.0. The summed E-state index contributed by atoms with van der Waals surface area (Å²) in [5.41, 5.74) is 0.872. The molecule has 7 nitrogen and oxygen atoms in total. The summed E-state index contributed by atoms with van der Waals surface area (Å²) in [6.45, 7) is 3.18. The van der Waals surface area contributed by atoms with Crippen LogP contribution < -0.4 is 15.0 Å². The zero-order chi connectivity index (χ0) is 16.7. The number of para-hydroxylation sites is 1. The summed E-state index contributed by atoms with van der Waals surface area (Å²) >= 11 is 2.99. The molecule has 0 unspecified atom stereocenters. The van der Waals surface area contributed by atoms with Crippen LogP contribution in [0, 0.1) is 12.8 Å². The van der Waals surface area contributed by atoms with Crippen LogP contribution in [0.5, 0.6) is 5.75 Å². The van der Waals surface area contributed by atoms with Crippen LogP contribution in [0.15, 0.2) is 18.2 Å². The highest BCUT2D eigenvalue weighted by atomic mass is 32.1. The molecule has 3 heterocycles. The summed E-state index contributed by atoms with van der Waals surface area (Å²) in [6.07, 6.45) is 0. The standard InChI is InChI=1S/C15H15N5O2S2/c1-8-18-19-14(23-8)17-13(21)9-6-20(7-9)15-16-12-10(22-2)4-3-5-11(12)24-15/h3-5,9H,6-7H2,1-2H3,(H,17,19,21). The lowest BCUT2D eigenvalue weighted by molar-refractivity contribution is -0.120. The Morgan fingerprint density at radius 3 is 2.88 bits per heavy atom. The van der Waals surface area contributed by atoms with Crippen molar-refractivity contribution >= 4 is 49.1 Å². The maximum Gasteiger partial charge on any atom is 0.232 e. The van der Waals surface area contributed by atoms with Gasteiger partial charge in [0.05, 0.1) is 17.7 Å². The summed E-state index contributed by atoms with van der Waals surface area (Å²) in [5, 5.41) is 13.0. The molecule has 1 saturated heterocycles. The van der Waals surface area contributed by atoms with E-state index in [2.05, 4.69) is 25.4 Å². The number of ether oxygens (including phenoxy) is 1. The number of hydrogen-bond acceptors (Lipinski definition) is 8. The lowest BCUT2D eigenvalue weighted by Gasteiger charge is -2.37. The van der Waals surface area contributed by atoms with Crippen LogP contribution in [0.1, 0.15) is 5.01 Å². The molecule has 0 atom stereocenters. The smallest absolute Gasteiger partial charge is 0.232 e. The van der Waals surface area contributed by atoms with Crippen LogP contribution in [-0.4, -0.2) is 41.3 Å². The van der Waals surface area contributed by atoms with Gasteiger partial charge in [0.1, 0.15) is 16.3 Å². The number of benzene rings is 1. The SMILES string of the molecule is COc1cccc2sc(N3CC(C(=O)Nc4nnc(C)s4)C3)nc12. The van der Waals surface area contributed by atoms with Gasteiger partial charge in [-0.1, -0.05) is 28.7 Å². The van der Waals surface area contributed by atoms with Gasteiger partial charge >= 0.3 is 0 Å². The summed E-state index contributed by atoms with van der Waals surface area (Å²) in [5.74, 6) is 0.709. The van der Waals surface area contributed by atoms with Crippen molar-refractivity contribution in [1.29, 1.82) is 0 Å². The Labute approximate surface area is 146 Å². The number of thiazole rings is 1. The average Bonchev–Trinajstić information content (AvgIpc) is 3.11. The Kier molecular flexibility index (Phi) is 3.81. The number of hydrogen-bond donors (Lipinski definition) is 1. The van der Waals surface area contributed by atoms with E-state index in [1.54, 1.807) is 18.4 Å². The van der Waals surface area contributed by atoms with Gasteiger partial charge in [0.2, 0.25) is 11.0 Å². The van der Waals surface area contributed by atoms with E-state index >= 15 is 0 Å². The van der Waals surface area contributed by atoms with Crippen molar-refractivity contribution in [2.45, 2.75) is 6.92 Å². The van der Waals surface area contributed by atoms with Gasteiger partial charge < -0.3 is 15.0 Å². The van der Waals surface area contributed by atoms with E-state index in [4.69, 9.17) is 4.74 Å². The molecule has 1 aromatic carbocycles. The minimum atomic E-state index is -0.0527. The zero-order valence-corrected chi connectivity index (χ0v) is 14.8. The normalized spacial score (nSPS) is 14.7. The molecule has 9 heteroatoms. The number of nitrogens with zero attached hydrogens (tertiary/aromatic N) is 4. The molecule has 1 N–H and O–H groups in total. The van der Waals surface area contributed by atoms with E-state index in [1.807, 2.05) is 25.1 Å². The van der Waals surface area contributed by atoms with E-state index in [0.717, 1.165) is 26.1 Å². The first-order valence-electron chi connectivity index (χ1n) is 7.43. The maximum absolute atomic E-state index is 12.2. The highest BCUT2D eigenvalue weighted by Crippen LogP contribution is 2.36. The van der Waals surface area contributed by atoms with Crippen molar-refractivity contribution in [1.82, 2.24) is 15.2 Å². The molecule has 0 radical (unpaired) electrons. The molecular weight excluding hydrogens is 346 g/mol. The predicted molar refractivity (Wildman–Crippen MR) is 95.2 cm³/mol. The Hall–Kier alpha value is -2.26. The third-order valence-corrected chi connectivity index (χ3v) is 5.71. The highest BCUT2D eigenvalue weighted by Gasteiger charge is 2.35. The van der Waals surface area contributed by atoms with Crippen LogP contribution in [0.25, 0.3) is 10.2 Å². The van der Waals surface area contributed by atoms with E-state index in [9.17, 15) is 4.79 Å². The second-order valence-corrected chi connectivity index (χ2v) is 7.71. The van der Waals surface area contributed by atoms with Gasteiger partial charge in [-0.25, -0.2) is 4.98 Å². The van der Waals surface area contributed by atoms with E-state index in [1.165, 1.54) is 11.3 Å². The fourth-order valence-electron chi connectivity index (χ4n) is 2.57. The van der Waals surface area contributed by atoms with Crippen molar-refractivity contribution in [3.05, 3.63) is 23.2 Å². The molecule has 3 aromatic rings. The topological polar surface area (TPSA) is 80.2 Å². The van der Waals surface area contributed by atoms with Gasteiger partial charge in [0.15, 0.2) is 5.13 Å². The first-order chi connectivity index (χ1) is 11.6. The molecule has 24 heavy (non-hydrogen) atoms. The van der Waals surface area contributed by atoms with E-state index in [-0.39, 0.29) is 11.8 Å². The van der Waals surface area contributed by atoms with Gasteiger partial charge in [-0.15, -0.1) is 10.2 Å². The van der Waals surface area contributed by atoms with Gasteiger partial charge in [-0.05, 0) is 19.1 Å². The number of aromatic nitrogens is 3. The van der Waals surface area contributed by atoms with E-state index < -0.39 is 0 Å². The molecule has 1 aliphatic rings. The fraction of sp³-hybridized carbons (Fsp3) is 0.333. The molecule has 0 aliphatic carbocycles. The Balaban J connectivity index is 1.43. The number of carbonyl (C=O) groups excluding carboxylic acids is 1. The number of carbonyl (C=O) groups is 1. The summed E-state index contributed by atoms with van der Waals surface area (Å²) < 4.78 is 6.43. The Bertz CT molecular complexity index is 900. The molecule has 1 fully saturated rings. The van der Waals surface area contributed by atoms with Crippen molar-refractivity contribution in [2.24, 2.45) is 5.92 Å². The van der Waals surface area contributed by atoms with Crippen LogP contribution in [0.4, 0.5) is 10.3 Å². The Morgan fingerprint density at radius 2 is 2.17 bits per heavy atom. The zero-order valence-electron chi connectivity index (χ0n) is 13.1. The van der Waals surface area contributed by atoms with Crippen molar-refractivity contribution in [3.8, 4) is 5.75 Å². The molecule has 2 aromatic heterocycles. The van der Waals surface area contributed by atoms with Gasteiger partial charge in [0, 0.05) is 13.1 Å². The number of nitrogens with one attached hydrogen (secondary N) is 1. The average molecular weight is 361 g/mol. The van der Waals surface area contributed by atoms with Crippen LogP contribution in [0.3, 0.4) is 0 Å². The van der Waals surface area contributed by atoms with Crippen molar-refractivity contribution < 1.29 is 9.53 Å². The molecule has 124 valence electrons. The number of anilines is 2. The maximum atomic E-state index is 12.2. The first-order valence-corrected chi connectivity index (χ1v) is 9.07. The third kappa shape index (κ3) is 2.69. The van der Waals surface area contributed by atoms with E-state index in [0.29, 0.717) is 18.2 Å². The summed E-state index contributed by atoms with van der Waals surface area (Å²) in [6, 6.07) is 5.89. The summed E-state index contributed by atoms with van der Waals surface area (Å²) in [4.78, 5) is 19.0. The monoisotopic (exact) mass is 361 g/mol. The van der Waals surface area contributed by atoms with Crippen molar-refractivity contribution in [2.75, 3.05) is 30.4 Å². The van der Waals surface area contributed by atoms with Gasteiger partial charge in [0.25, 0.3) is 0 Å². The van der Waals surface area contributed by atoms with Gasteiger partial charge in [-0.3, -0.25) is 4.79 Å². The second kappa shape index (κ2) is 5.99. The van der Waals surface area contributed by atoms with Crippen LogP contribution in [-0.2, 0) is 4.79 Å². The van der Waals surface area contributed by atoms with Crippen molar-refractivity contribution in [3.63, 3.8) is 0 Å². The lowest BCUT2D eigenvalue weighted by Crippen LogP contribution is -2.52. The molecular formula is C15H15N5O2S2. The highest BCUT2D eigenvalue weighted by molar-refractivity contribution is 7.22. The molecule has 0 spiro atoms. The largest absolute Gasteiger partial charge is 0.494 e. The number of aryl methyl sites for hydroxylation is 1. The first kappa shape index (κ1) is 15.3. The minimum Gasteiger partial charge on any atom is -0.494 e. The quantitative estimate of drug-likeness (QED) is 0.769. The Morgan fingerprint density at radius 1 is 1.33 bits per heavy atom. The molecule has 1 aliphatic heterocycles. The molecule has 1 amide bonds. The number of rotatable bonds is 4. The summed E-state index contributed by atoms with van der Waals surface area (Å²) in [7, 11) is 1.65. The number of fused-ring (bicyclic) bond motifs is 1. The fourth-order valence-corrected chi connectivity index (χ4v) is 4.16. The second-order valence-electron chi connectivity index (χ2n) is 5.52. The predicted octanol–water partition coefficient (Wildman–Crippen LogP) is 2.54.